The maximum absolute atomic E-state index is 12.1. The minimum absolute atomic E-state index is 0.281. The van der Waals surface area contributed by atoms with Gasteiger partial charge in [0.05, 0.1) is 0 Å². The Morgan fingerprint density at radius 3 is 2.68 bits per heavy atom. The van der Waals surface area contributed by atoms with Gasteiger partial charge in [-0.1, -0.05) is 5.16 Å². The SMILES string of the molecule is FC(F)(F)Oc1ccc(-c2noc(C[C@@H]3CCNC3)n2)cc1. The van der Waals surface area contributed by atoms with Crippen LogP contribution in [0.15, 0.2) is 28.8 Å². The van der Waals surface area contributed by atoms with Gasteiger partial charge in [0.2, 0.25) is 11.7 Å². The lowest BCUT2D eigenvalue weighted by Crippen LogP contribution is -2.16. The summed E-state index contributed by atoms with van der Waals surface area (Å²) in [5, 5.41) is 7.12. The standard InChI is InChI=1S/C14H14F3N3O2/c15-14(16,17)21-11-3-1-10(2-4-11)13-19-12(22-20-13)7-9-5-6-18-8-9/h1-4,9,18H,5-8H2/t9-/m0/s1. The lowest BCUT2D eigenvalue weighted by atomic mass is 10.1. The fraction of sp³-hybridized carbons (Fsp3) is 0.429. The van der Waals surface area contributed by atoms with Crippen molar-refractivity contribution in [1.29, 1.82) is 0 Å². The lowest BCUT2D eigenvalue weighted by molar-refractivity contribution is -0.274. The van der Waals surface area contributed by atoms with Crippen LogP contribution < -0.4 is 10.1 Å². The average molecular weight is 313 g/mol. The molecular formula is C14H14F3N3O2. The van der Waals surface area contributed by atoms with Crippen molar-refractivity contribution < 1.29 is 22.4 Å². The molecule has 5 nitrogen and oxygen atoms in total. The summed E-state index contributed by atoms with van der Waals surface area (Å²) in [5.41, 5.74) is 0.578. The third kappa shape index (κ3) is 3.76. The topological polar surface area (TPSA) is 60.2 Å². The Kier molecular flexibility index (Phi) is 4.02. The molecule has 0 radical (unpaired) electrons. The fourth-order valence-corrected chi connectivity index (χ4v) is 2.40. The second-order valence-corrected chi connectivity index (χ2v) is 5.15. The van der Waals surface area contributed by atoms with Crippen molar-refractivity contribution in [1.82, 2.24) is 15.5 Å². The van der Waals surface area contributed by atoms with Crippen LogP contribution in [0.1, 0.15) is 12.3 Å². The first-order valence-corrected chi connectivity index (χ1v) is 6.89. The maximum Gasteiger partial charge on any atom is 0.573 e. The van der Waals surface area contributed by atoms with Gasteiger partial charge >= 0.3 is 6.36 Å². The van der Waals surface area contributed by atoms with Crippen molar-refractivity contribution in [3.63, 3.8) is 0 Å². The Morgan fingerprint density at radius 1 is 1.27 bits per heavy atom. The number of alkyl halides is 3. The van der Waals surface area contributed by atoms with Crippen LogP contribution in [-0.4, -0.2) is 29.6 Å². The van der Waals surface area contributed by atoms with Gasteiger partial charge in [-0.3, -0.25) is 0 Å². The number of ether oxygens (including phenoxy) is 1. The predicted molar refractivity (Wildman–Crippen MR) is 71.1 cm³/mol. The van der Waals surface area contributed by atoms with Crippen molar-refractivity contribution in [2.45, 2.75) is 19.2 Å². The highest BCUT2D eigenvalue weighted by Gasteiger charge is 2.31. The van der Waals surface area contributed by atoms with Crippen LogP contribution in [0.25, 0.3) is 11.4 Å². The van der Waals surface area contributed by atoms with E-state index >= 15 is 0 Å². The molecule has 0 aliphatic carbocycles. The minimum Gasteiger partial charge on any atom is -0.406 e. The molecule has 1 atom stereocenters. The second kappa shape index (κ2) is 5.96. The Labute approximate surface area is 124 Å². The minimum atomic E-state index is -4.70. The highest BCUT2D eigenvalue weighted by molar-refractivity contribution is 5.55. The first-order chi connectivity index (χ1) is 10.5. The molecule has 1 saturated heterocycles. The Morgan fingerprint density at radius 2 is 2.05 bits per heavy atom. The van der Waals surface area contributed by atoms with Gasteiger partial charge in [0.1, 0.15) is 5.75 Å². The molecule has 8 heteroatoms. The maximum atomic E-state index is 12.1. The van der Waals surface area contributed by atoms with Gasteiger partial charge in [0.25, 0.3) is 0 Å². The summed E-state index contributed by atoms with van der Waals surface area (Å²) in [6.45, 7) is 1.92. The van der Waals surface area contributed by atoms with E-state index < -0.39 is 6.36 Å². The number of hydrogen-bond donors (Lipinski definition) is 1. The molecule has 0 amide bonds. The monoisotopic (exact) mass is 313 g/mol. The lowest BCUT2D eigenvalue weighted by Gasteiger charge is -2.08. The molecule has 1 fully saturated rings. The van der Waals surface area contributed by atoms with E-state index in [4.69, 9.17) is 4.52 Å². The van der Waals surface area contributed by atoms with Crippen molar-refractivity contribution in [2.75, 3.05) is 13.1 Å². The molecular weight excluding hydrogens is 299 g/mol. The quantitative estimate of drug-likeness (QED) is 0.940. The second-order valence-electron chi connectivity index (χ2n) is 5.15. The number of halogens is 3. The van der Waals surface area contributed by atoms with Crippen molar-refractivity contribution in [3.8, 4) is 17.1 Å². The van der Waals surface area contributed by atoms with Crippen LogP contribution in [-0.2, 0) is 6.42 Å². The molecule has 2 heterocycles. The summed E-state index contributed by atoms with van der Waals surface area (Å²) in [6, 6.07) is 5.37. The van der Waals surface area contributed by atoms with Gasteiger partial charge in [-0.05, 0) is 49.7 Å². The molecule has 22 heavy (non-hydrogen) atoms. The van der Waals surface area contributed by atoms with Gasteiger partial charge in [-0.2, -0.15) is 4.98 Å². The van der Waals surface area contributed by atoms with Crippen LogP contribution in [0.3, 0.4) is 0 Å². The first kappa shape index (κ1) is 14.8. The number of nitrogens with one attached hydrogen (secondary N) is 1. The molecule has 3 rings (SSSR count). The molecule has 0 bridgehead atoms. The number of aromatic nitrogens is 2. The van der Waals surface area contributed by atoms with Crippen LogP contribution in [0.2, 0.25) is 0 Å². The molecule has 0 saturated carbocycles. The number of benzene rings is 1. The Bertz CT molecular complexity index is 619. The molecule has 1 aromatic heterocycles. The summed E-state index contributed by atoms with van der Waals surface area (Å²) in [5.74, 6) is 1.10. The van der Waals surface area contributed by atoms with Gasteiger partial charge < -0.3 is 14.6 Å². The highest BCUT2D eigenvalue weighted by atomic mass is 19.4. The van der Waals surface area contributed by atoms with E-state index in [9.17, 15) is 13.2 Å². The molecule has 0 unspecified atom stereocenters. The van der Waals surface area contributed by atoms with E-state index in [-0.39, 0.29) is 5.75 Å². The smallest absolute Gasteiger partial charge is 0.406 e. The van der Waals surface area contributed by atoms with Crippen LogP contribution in [0.4, 0.5) is 13.2 Å². The zero-order chi connectivity index (χ0) is 15.6. The molecule has 1 N–H and O–H groups in total. The fourth-order valence-electron chi connectivity index (χ4n) is 2.40. The van der Waals surface area contributed by atoms with Crippen molar-refractivity contribution >= 4 is 0 Å². The largest absolute Gasteiger partial charge is 0.573 e. The first-order valence-electron chi connectivity index (χ1n) is 6.89. The van der Waals surface area contributed by atoms with Crippen molar-refractivity contribution in [3.05, 3.63) is 30.2 Å². The normalized spacial score (nSPS) is 18.6. The zero-order valence-corrected chi connectivity index (χ0v) is 11.6. The third-order valence-electron chi connectivity index (χ3n) is 3.44. The average Bonchev–Trinajstić information content (AvgIpc) is 3.10. The molecule has 118 valence electrons. The number of rotatable bonds is 4. The van der Waals surface area contributed by atoms with E-state index in [0.717, 1.165) is 19.5 Å². The zero-order valence-electron chi connectivity index (χ0n) is 11.6. The van der Waals surface area contributed by atoms with E-state index in [2.05, 4.69) is 20.2 Å². The molecule has 2 aromatic rings. The van der Waals surface area contributed by atoms with E-state index in [1.165, 1.54) is 24.3 Å². The van der Waals surface area contributed by atoms with Crippen LogP contribution in [0, 0.1) is 5.92 Å². The van der Waals surface area contributed by atoms with E-state index in [1.54, 1.807) is 0 Å². The molecule has 1 aliphatic rings. The molecule has 1 aromatic carbocycles. The summed E-state index contributed by atoms with van der Waals surface area (Å²) in [6.07, 6.45) is -2.92. The van der Waals surface area contributed by atoms with E-state index in [1.807, 2.05) is 0 Å². The predicted octanol–water partition coefficient (Wildman–Crippen LogP) is 2.79. The third-order valence-corrected chi connectivity index (χ3v) is 3.44. The summed E-state index contributed by atoms with van der Waals surface area (Å²) >= 11 is 0. The number of hydrogen-bond acceptors (Lipinski definition) is 5. The summed E-state index contributed by atoms with van der Waals surface area (Å²) in [7, 11) is 0. The van der Waals surface area contributed by atoms with Gasteiger partial charge in [-0.15, -0.1) is 13.2 Å². The molecule has 0 spiro atoms. The Balaban J connectivity index is 1.67. The number of nitrogens with zero attached hydrogens (tertiary/aromatic N) is 2. The summed E-state index contributed by atoms with van der Waals surface area (Å²) < 4.78 is 45.3. The molecule has 1 aliphatic heterocycles. The Hall–Kier alpha value is -2.09. The van der Waals surface area contributed by atoms with E-state index in [0.29, 0.717) is 29.6 Å². The van der Waals surface area contributed by atoms with Crippen LogP contribution in [0.5, 0.6) is 5.75 Å². The van der Waals surface area contributed by atoms with Gasteiger partial charge in [0, 0.05) is 12.0 Å². The van der Waals surface area contributed by atoms with Crippen LogP contribution >= 0.6 is 0 Å². The van der Waals surface area contributed by atoms with Gasteiger partial charge in [0.15, 0.2) is 0 Å². The van der Waals surface area contributed by atoms with Crippen molar-refractivity contribution in [2.24, 2.45) is 5.92 Å². The van der Waals surface area contributed by atoms with Gasteiger partial charge in [-0.25, -0.2) is 0 Å². The summed E-state index contributed by atoms with van der Waals surface area (Å²) in [4.78, 5) is 4.28. The highest BCUT2D eigenvalue weighted by Crippen LogP contribution is 2.25.